The molecule has 0 bridgehead atoms. The van der Waals surface area contributed by atoms with Crippen LogP contribution in [-0.2, 0) is 6.54 Å². The summed E-state index contributed by atoms with van der Waals surface area (Å²) in [7, 11) is 0. The first-order valence-electron chi connectivity index (χ1n) is 4.89. The number of aliphatic imine (C=N–C) groups is 1. The number of nitrogens with zero attached hydrogens (tertiary/aromatic N) is 3. The Labute approximate surface area is 108 Å². The Morgan fingerprint density at radius 3 is 2.75 bits per heavy atom. The van der Waals surface area contributed by atoms with Crippen LogP contribution in [0.5, 0.6) is 0 Å². The summed E-state index contributed by atoms with van der Waals surface area (Å²) in [6, 6.07) is 0. The van der Waals surface area contributed by atoms with Gasteiger partial charge in [-0.05, 0) is 48.7 Å². The van der Waals surface area contributed by atoms with Crippen LogP contribution in [0.4, 0.5) is 5.82 Å². The number of hydrogen-bond acceptors (Lipinski definition) is 4. The molecule has 0 atom stereocenters. The molecule has 0 spiro atoms. The first-order valence-corrected chi connectivity index (χ1v) is 5.97. The van der Waals surface area contributed by atoms with Crippen LogP contribution < -0.4 is 11.5 Å². The number of unbranched alkanes of at least 4 members (excludes halogenated alkanes) is 1. The van der Waals surface area contributed by atoms with Gasteiger partial charge in [-0.2, -0.15) is 5.10 Å². The fourth-order valence-corrected chi connectivity index (χ4v) is 2.17. The van der Waals surface area contributed by atoms with E-state index in [4.69, 9.17) is 16.9 Å². The predicted molar refractivity (Wildman–Crippen MR) is 73.5 cm³/mol. The van der Waals surface area contributed by atoms with Gasteiger partial charge in [-0.15, -0.1) is 0 Å². The molecule has 0 unspecified atom stereocenters. The third-order valence-corrected chi connectivity index (χ3v) is 2.88. The second kappa shape index (κ2) is 5.94. The first kappa shape index (κ1) is 13.1. The molecule has 6 nitrogen and oxygen atoms in total. The predicted octanol–water partition coefficient (Wildman–Crippen LogP) is 0.843. The number of aromatic nitrogens is 2. The molecule has 5 N–H and O–H groups in total. The SMILES string of the molecule is C=Nc1c(C(=N)N)c(I)nn1CCCCN. The van der Waals surface area contributed by atoms with Gasteiger partial charge >= 0.3 is 0 Å². The maximum absolute atomic E-state index is 7.46. The first-order chi connectivity index (χ1) is 7.61. The number of hydrogen-bond donors (Lipinski definition) is 3. The van der Waals surface area contributed by atoms with Crippen LogP contribution in [0, 0.1) is 9.11 Å². The second-order valence-electron chi connectivity index (χ2n) is 3.28. The minimum absolute atomic E-state index is 0.0307. The highest BCUT2D eigenvalue weighted by molar-refractivity contribution is 14.1. The average Bonchev–Trinajstić information content (AvgIpc) is 2.55. The maximum atomic E-state index is 7.46. The second-order valence-corrected chi connectivity index (χ2v) is 4.30. The van der Waals surface area contributed by atoms with Gasteiger partial charge in [-0.25, -0.2) is 9.67 Å². The molecule has 88 valence electrons. The van der Waals surface area contributed by atoms with E-state index >= 15 is 0 Å². The van der Waals surface area contributed by atoms with E-state index in [0.717, 1.165) is 19.4 Å². The highest BCUT2D eigenvalue weighted by Crippen LogP contribution is 2.23. The van der Waals surface area contributed by atoms with E-state index in [1.165, 1.54) is 0 Å². The van der Waals surface area contributed by atoms with Crippen LogP contribution >= 0.6 is 22.6 Å². The summed E-state index contributed by atoms with van der Waals surface area (Å²) in [4.78, 5) is 3.88. The summed E-state index contributed by atoms with van der Waals surface area (Å²) < 4.78 is 2.40. The van der Waals surface area contributed by atoms with Crippen molar-refractivity contribution in [2.24, 2.45) is 16.5 Å². The van der Waals surface area contributed by atoms with Crippen molar-refractivity contribution < 1.29 is 0 Å². The number of nitrogens with two attached hydrogens (primary N) is 2. The molecule has 0 aliphatic heterocycles. The number of halogens is 1. The molecule has 16 heavy (non-hydrogen) atoms. The Hall–Kier alpha value is -0.960. The van der Waals surface area contributed by atoms with Crippen molar-refractivity contribution in [1.82, 2.24) is 9.78 Å². The molecule has 1 aromatic rings. The molecule has 1 aromatic heterocycles. The topological polar surface area (TPSA) is 106 Å². The average molecular weight is 334 g/mol. The van der Waals surface area contributed by atoms with E-state index in [0.29, 0.717) is 21.6 Å². The molecule has 0 amide bonds. The molecule has 0 saturated carbocycles. The van der Waals surface area contributed by atoms with E-state index in [9.17, 15) is 0 Å². The van der Waals surface area contributed by atoms with Crippen molar-refractivity contribution in [3.63, 3.8) is 0 Å². The van der Waals surface area contributed by atoms with Gasteiger partial charge < -0.3 is 11.5 Å². The Bertz CT molecular complexity index is 397. The van der Waals surface area contributed by atoms with Crippen molar-refractivity contribution in [1.29, 1.82) is 5.41 Å². The van der Waals surface area contributed by atoms with Gasteiger partial charge in [0.05, 0.1) is 5.56 Å². The lowest BCUT2D eigenvalue weighted by molar-refractivity contribution is 0.562. The highest BCUT2D eigenvalue weighted by Gasteiger charge is 2.17. The summed E-state index contributed by atoms with van der Waals surface area (Å²) in [5.74, 6) is 0.533. The summed E-state index contributed by atoms with van der Waals surface area (Å²) >= 11 is 2.04. The monoisotopic (exact) mass is 334 g/mol. The van der Waals surface area contributed by atoms with Gasteiger partial charge in [0.15, 0.2) is 5.82 Å². The molecular weight excluding hydrogens is 319 g/mol. The Balaban J connectivity index is 2.97. The van der Waals surface area contributed by atoms with E-state index in [2.05, 4.69) is 16.8 Å². The van der Waals surface area contributed by atoms with Crippen LogP contribution in [-0.4, -0.2) is 28.9 Å². The number of rotatable bonds is 6. The summed E-state index contributed by atoms with van der Waals surface area (Å²) in [6.07, 6.45) is 1.86. The van der Waals surface area contributed by atoms with Crippen LogP contribution in [0.2, 0.25) is 0 Å². The molecule has 1 rings (SSSR count). The van der Waals surface area contributed by atoms with Gasteiger partial charge in [0.25, 0.3) is 0 Å². The summed E-state index contributed by atoms with van der Waals surface area (Å²) in [5, 5.41) is 11.7. The fraction of sp³-hybridized carbons (Fsp3) is 0.444. The van der Waals surface area contributed by atoms with Gasteiger partial charge in [0.1, 0.15) is 9.54 Å². The Morgan fingerprint density at radius 1 is 1.56 bits per heavy atom. The number of nitrogens with one attached hydrogen (secondary N) is 1. The third-order valence-electron chi connectivity index (χ3n) is 2.13. The van der Waals surface area contributed by atoms with Crippen molar-refractivity contribution in [3.05, 3.63) is 9.26 Å². The summed E-state index contributed by atoms with van der Waals surface area (Å²) in [6.45, 7) is 4.86. The zero-order valence-electron chi connectivity index (χ0n) is 8.91. The Kier molecular flexibility index (Phi) is 4.87. The highest BCUT2D eigenvalue weighted by atomic mass is 127. The van der Waals surface area contributed by atoms with Crippen molar-refractivity contribution in [2.75, 3.05) is 6.54 Å². The molecule has 0 aliphatic rings. The summed E-state index contributed by atoms with van der Waals surface area (Å²) in [5.41, 5.74) is 11.5. The molecule has 0 saturated heterocycles. The zero-order valence-corrected chi connectivity index (χ0v) is 11.1. The molecule has 0 radical (unpaired) electrons. The fourth-order valence-electron chi connectivity index (χ4n) is 1.38. The number of nitrogen functional groups attached to an aromatic ring is 1. The van der Waals surface area contributed by atoms with E-state index in [1.54, 1.807) is 4.68 Å². The minimum Gasteiger partial charge on any atom is -0.383 e. The minimum atomic E-state index is -0.0307. The van der Waals surface area contributed by atoms with Crippen molar-refractivity contribution in [3.8, 4) is 0 Å². The molecule has 7 heteroatoms. The van der Waals surface area contributed by atoms with Gasteiger partial charge in [0, 0.05) is 6.54 Å². The lowest BCUT2D eigenvalue weighted by Crippen LogP contribution is -2.12. The van der Waals surface area contributed by atoms with Crippen molar-refractivity contribution in [2.45, 2.75) is 19.4 Å². The molecular formula is C9H15IN6. The van der Waals surface area contributed by atoms with E-state index in [1.807, 2.05) is 22.6 Å². The normalized spacial score (nSPS) is 10.4. The largest absolute Gasteiger partial charge is 0.383 e. The van der Waals surface area contributed by atoms with Crippen LogP contribution in [0.3, 0.4) is 0 Å². The zero-order chi connectivity index (χ0) is 12.1. The molecule has 0 aromatic carbocycles. The van der Waals surface area contributed by atoms with Crippen LogP contribution in [0.1, 0.15) is 18.4 Å². The number of amidine groups is 1. The van der Waals surface area contributed by atoms with Crippen LogP contribution in [0.15, 0.2) is 4.99 Å². The van der Waals surface area contributed by atoms with Gasteiger partial charge in [-0.1, -0.05) is 0 Å². The maximum Gasteiger partial charge on any atom is 0.162 e. The molecule has 1 heterocycles. The smallest absolute Gasteiger partial charge is 0.162 e. The van der Waals surface area contributed by atoms with E-state index in [-0.39, 0.29) is 5.84 Å². The molecule has 0 fully saturated rings. The van der Waals surface area contributed by atoms with Gasteiger partial charge in [0.2, 0.25) is 0 Å². The lowest BCUT2D eigenvalue weighted by atomic mass is 10.3. The van der Waals surface area contributed by atoms with Crippen molar-refractivity contribution >= 4 is 41.0 Å². The lowest BCUT2D eigenvalue weighted by Gasteiger charge is -2.03. The third kappa shape index (κ3) is 2.79. The van der Waals surface area contributed by atoms with Crippen LogP contribution in [0.25, 0.3) is 0 Å². The Morgan fingerprint density at radius 2 is 2.25 bits per heavy atom. The standard InChI is InChI=1S/C9H15IN6/c1-14-9-6(8(12)13)7(10)15-16(9)5-3-2-4-11/h1-5,11H2,(H3,12,13). The number of aryl methyl sites for hydroxylation is 1. The molecule has 0 aliphatic carbocycles. The van der Waals surface area contributed by atoms with E-state index < -0.39 is 0 Å². The quantitative estimate of drug-likeness (QED) is 0.311. The van der Waals surface area contributed by atoms with Gasteiger partial charge in [-0.3, -0.25) is 5.41 Å².